The maximum absolute atomic E-state index is 7.50. The van der Waals surface area contributed by atoms with Gasteiger partial charge in [0.2, 0.25) is 0 Å². The van der Waals surface area contributed by atoms with E-state index < -0.39 is 16.4 Å². The van der Waals surface area contributed by atoms with Crippen LogP contribution in [0.5, 0.6) is 0 Å². The zero-order valence-corrected chi connectivity index (χ0v) is 21.7. The normalized spacial score (nSPS) is 39.1. The molecule has 28 heavy (non-hydrogen) atoms. The third-order valence-corrected chi connectivity index (χ3v) is 20.8. The van der Waals surface area contributed by atoms with Crippen LogP contribution < -0.4 is 0 Å². The molecule has 2 fully saturated rings. The number of hydrogen-bond donors (Lipinski definition) is 0. The zero-order valence-electron chi connectivity index (χ0n) is 19.7. The van der Waals surface area contributed by atoms with Crippen LogP contribution in [-0.4, -0.2) is 21.6 Å². The molecule has 0 aliphatic heterocycles. The fourth-order valence-electron chi connectivity index (χ4n) is 7.41. The van der Waals surface area contributed by atoms with Gasteiger partial charge in [-0.2, -0.15) is 0 Å². The van der Waals surface area contributed by atoms with Crippen LogP contribution in [0.15, 0.2) is 24.3 Å². The molecule has 158 valence electrons. The van der Waals surface area contributed by atoms with Gasteiger partial charge in [-0.05, 0) is 92.3 Å². The van der Waals surface area contributed by atoms with Crippen molar-refractivity contribution in [1.29, 1.82) is 0 Å². The van der Waals surface area contributed by atoms with Crippen molar-refractivity contribution in [2.75, 3.05) is 0 Å². The second kappa shape index (κ2) is 6.69. The molecule has 1 nitrogen and oxygen atoms in total. The van der Waals surface area contributed by atoms with Crippen LogP contribution in [0.2, 0.25) is 36.8 Å². The lowest BCUT2D eigenvalue weighted by molar-refractivity contribution is 0.124. The van der Waals surface area contributed by atoms with Gasteiger partial charge in [-0.3, -0.25) is 0 Å². The van der Waals surface area contributed by atoms with E-state index in [1.807, 2.05) is 0 Å². The number of rotatable bonds is 7. The summed E-state index contributed by atoms with van der Waals surface area (Å²) in [5, 5.41) is 0.420. The molecular weight excluding hydrogens is 372 g/mol. The van der Waals surface area contributed by atoms with E-state index >= 15 is 0 Å². The Balaban J connectivity index is 1.57. The van der Waals surface area contributed by atoms with E-state index in [0.717, 1.165) is 35.1 Å². The lowest BCUT2D eigenvalue weighted by Gasteiger charge is -2.55. The lowest BCUT2D eigenvalue weighted by Crippen LogP contribution is -2.63. The molecular formula is C25H44OSi2. The molecule has 0 N–H and O–H groups in total. The van der Waals surface area contributed by atoms with Crippen LogP contribution >= 0.6 is 0 Å². The maximum Gasteiger partial charge on any atom is 0.192 e. The lowest BCUT2D eigenvalue weighted by atomic mass is 9.83. The van der Waals surface area contributed by atoms with Gasteiger partial charge in [-0.25, -0.2) is 0 Å². The first-order valence-corrected chi connectivity index (χ1v) is 18.0. The summed E-state index contributed by atoms with van der Waals surface area (Å²) >= 11 is 0. The Morgan fingerprint density at radius 1 is 0.821 bits per heavy atom. The van der Waals surface area contributed by atoms with E-state index in [1.165, 1.54) is 32.1 Å². The number of fused-ring (bicyclic) bond motifs is 4. The van der Waals surface area contributed by atoms with E-state index in [0.29, 0.717) is 5.04 Å². The van der Waals surface area contributed by atoms with Gasteiger partial charge in [0.1, 0.15) is 0 Å². The average Bonchev–Trinajstić information content (AvgIpc) is 3.40. The maximum atomic E-state index is 7.50. The molecule has 4 rings (SSSR count). The Bertz CT molecular complexity index is 676. The van der Waals surface area contributed by atoms with Crippen molar-refractivity contribution in [2.45, 2.75) is 102 Å². The van der Waals surface area contributed by atoms with Gasteiger partial charge in [0.15, 0.2) is 8.32 Å². The fourth-order valence-corrected chi connectivity index (χ4v) is 15.9. The van der Waals surface area contributed by atoms with Crippen molar-refractivity contribution in [3.63, 3.8) is 0 Å². The standard InChI is InChI=1S/C25H44OSi2/c1-9-25(4,27(5,6)23-17-19-11-13-21(23)15-19)26-28(7,8)24(2,3)22-16-18-10-12-20(22)14-18/h10-13,18-23H,9,14-17H2,1-8H3. The predicted molar refractivity (Wildman–Crippen MR) is 127 cm³/mol. The molecule has 0 amide bonds. The van der Waals surface area contributed by atoms with Gasteiger partial charge < -0.3 is 4.43 Å². The first-order chi connectivity index (χ1) is 12.9. The molecule has 7 atom stereocenters. The molecule has 7 unspecified atom stereocenters. The highest BCUT2D eigenvalue weighted by Gasteiger charge is 2.59. The molecule has 0 radical (unpaired) electrons. The quantitative estimate of drug-likeness (QED) is 0.307. The van der Waals surface area contributed by atoms with E-state index in [2.05, 4.69) is 78.2 Å². The number of hydrogen-bond acceptors (Lipinski definition) is 1. The molecule has 4 aliphatic rings. The van der Waals surface area contributed by atoms with Crippen LogP contribution in [0.25, 0.3) is 0 Å². The second-order valence-electron chi connectivity index (χ2n) is 12.4. The minimum atomic E-state index is -1.89. The minimum Gasteiger partial charge on any atom is -0.414 e. The largest absolute Gasteiger partial charge is 0.414 e. The van der Waals surface area contributed by atoms with Gasteiger partial charge in [0, 0.05) is 5.22 Å². The van der Waals surface area contributed by atoms with E-state index in [4.69, 9.17) is 4.43 Å². The van der Waals surface area contributed by atoms with Crippen LogP contribution in [0, 0.1) is 29.6 Å². The third kappa shape index (κ3) is 3.01. The minimum absolute atomic E-state index is 0.0937. The summed E-state index contributed by atoms with van der Waals surface area (Å²) in [6.45, 7) is 20.4. The molecule has 0 saturated heterocycles. The first-order valence-electron chi connectivity index (χ1n) is 12.0. The van der Waals surface area contributed by atoms with Gasteiger partial charge in [0.25, 0.3) is 0 Å². The average molecular weight is 417 g/mol. The van der Waals surface area contributed by atoms with Crippen molar-refractivity contribution in [1.82, 2.24) is 0 Å². The summed E-state index contributed by atoms with van der Waals surface area (Å²) in [5.74, 6) is 4.19. The van der Waals surface area contributed by atoms with E-state index in [1.54, 1.807) is 0 Å². The van der Waals surface area contributed by atoms with Crippen molar-refractivity contribution in [3.05, 3.63) is 24.3 Å². The Kier molecular flexibility index (Phi) is 5.04. The molecule has 4 bridgehead atoms. The fraction of sp³-hybridized carbons (Fsp3) is 0.840. The van der Waals surface area contributed by atoms with Crippen molar-refractivity contribution >= 4 is 16.4 Å². The monoisotopic (exact) mass is 416 g/mol. The summed E-state index contributed by atoms with van der Waals surface area (Å²) < 4.78 is 7.50. The predicted octanol–water partition coefficient (Wildman–Crippen LogP) is 7.58. The third-order valence-electron chi connectivity index (χ3n) is 10.5. The molecule has 4 aliphatic carbocycles. The van der Waals surface area contributed by atoms with Crippen LogP contribution in [0.3, 0.4) is 0 Å². The summed E-state index contributed by atoms with van der Waals surface area (Å²) in [5.41, 5.74) is 0.908. The Morgan fingerprint density at radius 3 is 1.82 bits per heavy atom. The van der Waals surface area contributed by atoms with Gasteiger partial charge in [-0.1, -0.05) is 58.2 Å². The Labute approximate surface area is 176 Å². The van der Waals surface area contributed by atoms with E-state index in [-0.39, 0.29) is 5.22 Å². The molecule has 0 aromatic rings. The van der Waals surface area contributed by atoms with Crippen LogP contribution in [0.1, 0.15) is 59.8 Å². The highest BCUT2D eigenvalue weighted by molar-refractivity contribution is 6.83. The van der Waals surface area contributed by atoms with Gasteiger partial charge >= 0.3 is 0 Å². The smallest absolute Gasteiger partial charge is 0.192 e. The van der Waals surface area contributed by atoms with Crippen molar-refractivity contribution in [3.8, 4) is 0 Å². The summed E-state index contributed by atoms with van der Waals surface area (Å²) in [4.78, 5) is 0. The van der Waals surface area contributed by atoms with Gasteiger partial charge in [0.05, 0.1) is 8.07 Å². The second-order valence-corrected chi connectivity index (χ2v) is 22.2. The van der Waals surface area contributed by atoms with Crippen molar-refractivity contribution < 1.29 is 4.43 Å². The van der Waals surface area contributed by atoms with E-state index in [9.17, 15) is 0 Å². The molecule has 0 aromatic heterocycles. The Morgan fingerprint density at radius 2 is 1.39 bits per heavy atom. The highest BCUT2D eigenvalue weighted by atomic mass is 28.4. The molecule has 2 saturated carbocycles. The first kappa shape index (κ1) is 21.1. The molecule has 0 aromatic carbocycles. The zero-order chi connectivity index (χ0) is 20.5. The summed E-state index contributed by atoms with van der Waals surface area (Å²) in [6, 6.07) is 0. The summed E-state index contributed by atoms with van der Waals surface area (Å²) in [7, 11) is -3.46. The van der Waals surface area contributed by atoms with Crippen molar-refractivity contribution in [2.24, 2.45) is 29.6 Å². The summed E-state index contributed by atoms with van der Waals surface area (Å²) in [6.07, 6.45) is 16.9. The number of allylic oxidation sites excluding steroid dienone is 4. The van der Waals surface area contributed by atoms with Crippen LogP contribution in [0.4, 0.5) is 0 Å². The SMILES string of the molecule is CCC(C)(O[Si](C)(C)C(C)(C)C1CC2C=CC1C2)[Si](C)(C)C1CC2C=CC1C2. The Hall–Kier alpha value is -0.126. The van der Waals surface area contributed by atoms with Crippen LogP contribution in [-0.2, 0) is 4.43 Å². The van der Waals surface area contributed by atoms with Gasteiger partial charge in [-0.15, -0.1) is 0 Å². The highest BCUT2D eigenvalue weighted by Crippen LogP contribution is 2.60. The molecule has 3 heteroatoms. The topological polar surface area (TPSA) is 9.23 Å². The molecule has 0 spiro atoms. The molecule has 0 heterocycles.